The third-order valence-electron chi connectivity index (χ3n) is 5.93. The molecule has 2 amide bonds. The Labute approximate surface area is 181 Å². The highest BCUT2D eigenvalue weighted by molar-refractivity contribution is 5.93. The minimum atomic E-state index is -0.692. The molecule has 2 aromatic heterocycles. The zero-order valence-corrected chi connectivity index (χ0v) is 17.7. The lowest BCUT2D eigenvalue weighted by Crippen LogP contribution is -2.54. The number of nitrogens with one attached hydrogen (secondary N) is 2. The number of H-pyrrole nitrogens is 1. The average Bonchev–Trinajstić information content (AvgIpc) is 3.35. The molecular formula is C24H27N5O2. The standard InChI is InChI=1S/C24H27N5O2/c1-2-26-23(31)24(11-6-14-29(17-24)22(30)21-10-13-27-28-21)15-18-7-3-4-9-20(18)19-8-5-12-25-16-19/h3-5,7-10,12-13,16H,2,6,11,14-15,17H2,1H3,(H,26,31)(H,27,28)/t24-/m1/s1. The summed E-state index contributed by atoms with van der Waals surface area (Å²) >= 11 is 0. The monoisotopic (exact) mass is 417 g/mol. The fraction of sp³-hybridized carbons (Fsp3) is 0.333. The molecule has 0 aliphatic carbocycles. The molecule has 0 saturated carbocycles. The predicted octanol–water partition coefficient (Wildman–Crippen LogP) is 3.07. The first-order valence-electron chi connectivity index (χ1n) is 10.7. The maximum absolute atomic E-state index is 13.3. The first-order chi connectivity index (χ1) is 15.1. The molecule has 1 aliphatic heterocycles. The smallest absolute Gasteiger partial charge is 0.271 e. The lowest BCUT2D eigenvalue weighted by molar-refractivity contribution is -0.133. The molecule has 1 fully saturated rings. The number of hydrogen-bond acceptors (Lipinski definition) is 4. The van der Waals surface area contributed by atoms with Crippen molar-refractivity contribution in [3.05, 3.63) is 72.3 Å². The van der Waals surface area contributed by atoms with Crippen molar-refractivity contribution >= 4 is 11.8 Å². The Morgan fingerprint density at radius 3 is 2.77 bits per heavy atom. The summed E-state index contributed by atoms with van der Waals surface area (Å²) in [6.07, 6.45) is 7.21. The first kappa shape index (κ1) is 20.8. The second kappa shape index (κ2) is 9.12. The molecular weight excluding hydrogens is 390 g/mol. The summed E-state index contributed by atoms with van der Waals surface area (Å²) < 4.78 is 0. The normalized spacial score (nSPS) is 18.5. The van der Waals surface area contributed by atoms with Crippen LogP contribution >= 0.6 is 0 Å². The van der Waals surface area contributed by atoms with Gasteiger partial charge in [0.25, 0.3) is 5.91 Å². The van der Waals surface area contributed by atoms with E-state index in [0.717, 1.165) is 29.5 Å². The van der Waals surface area contributed by atoms with Gasteiger partial charge < -0.3 is 10.2 Å². The maximum Gasteiger partial charge on any atom is 0.271 e. The predicted molar refractivity (Wildman–Crippen MR) is 118 cm³/mol. The third kappa shape index (κ3) is 4.35. The summed E-state index contributed by atoms with van der Waals surface area (Å²) in [4.78, 5) is 32.4. The second-order valence-corrected chi connectivity index (χ2v) is 8.02. The van der Waals surface area contributed by atoms with E-state index in [1.54, 1.807) is 23.4 Å². The number of benzene rings is 1. The van der Waals surface area contributed by atoms with Crippen LogP contribution in [-0.2, 0) is 11.2 Å². The number of pyridine rings is 1. The van der Waals surface area contributed by atoms with Gasteiger partial charge in [-0.15, -0.1) is 0 Å². The van der Waals surface area contributed by atoms with E-state index < -0.39 is 5.41 Å². The van der Waals surface area contributed by atoms with Gasteiger partial charge in [-0.3, -0.25) is 19.7 Å². The van der Waals surface area contributed by atoms with Crippen LogP contribution in [0.1, 0.15) is 35.8 Å². The number of rotatable bonds is 6. The average molecular weight is 418 g/mol. The van der Waals surface area contributed by atoms with Crippen molar-refractivity contribution in [2.24, 2.45) is 5.41 Å². The number of aromatic amines is 1. The Morgan fingerprint density at radius 2 is 2.03 bits per heavy atom. The third-order valence-corrected chi connectivity index (χ3v) is 5.93. The van der Waals surface area contributed by atoms with Gasteiger partial charge in [-0.25, -0.2) is 0 Å². The number of carbonyl (C=O) groups excluding carboxylic acids is 2. The van der Waals surface area contributed by atoms with Crippen LogP contribution in [0.25, 0.3) is 11.1 Å². The van der Waals surface area contributed by atoms with Gasteiger partial charge in [-0.2, -0.15) is 5.10 Å². The number of likely N-dealkylation sites (tertiary alicyclic amines) is 1. The molecule has 1 aromatic carbocycles. The minimum absolute atomic E-state index is 0.00176. The molecule has 31 heavy (non-hydrogen) atoms. The van der Waals surface area contributed by atoms with Gasteiger partial charge in [-0.1, -0.05) is 30.3 Å². The molecule has 0 unspecified atom stereocenters. The molecule has 7 nitrogen and oxygen atoms in total. The van der Waals surface area contributed by atoms with Gasteiger partial charge in [0.05, 0.1) is 5.41 Å². The molecule has 0 radical (unpaired) electrons. The van der Waals surface area contributed by atoms with Crippen LogP contribution in [-0.4, -0.2) is 51.5 Å². The van der Waals surface area contributed by atoms with E-state index >= 15 is 0 Å². The van der Waals surface area contributed by atoms with E-state index in [1.165, 1.54) is 0 Å². The van der Waals surface area contributed by atoms with Crippen LogP contribution in [0.5, 0.6) is 0 Å². The number of hydrogen-bond donors (Lipinski definition) is 2. The number of amides is 2. The summed E-state index contributed by atoms with van der Waals surface area (Å²) in [7, 11) is 0. The fourth-order valence-corrected chi connectivity index (χ4v) is 4.45. The van der Waals surface area contributed by atoms with Gasteiger partial charge in [0.1, 0.15) is 5.69 Å². The first-order valence-corrected chi connectivity index (χ1v) is 10.7. The largest absolute Gasteiger partial charge is 0.356 e. The Kier molecular flexibility index (Phi) is 6.11. The summed E-state index contributed by atoms with van der Waals surface area (Å²) in [5.74, 6) is -0.121. The highest BCUT2D eigenvalue weighted by Crippen LogP contribution is 2.37. The Balaban J connectivity index is 1.68. The molecule has 1 aliphatic rings. The topological polar surface area (TPSA) is 91.0 Å². The number of piperidine rings is 1. The molecule has 3 aromatic rings. The minimum Gasteiger partial charge on any atom is -0.356 e. The molecule has 2 N–H and O–H groups in total. The van der Waals surface area contributed by atoms with Gasteiger partial charge in [0.15, 0.2) is 0 Å². The number of aromatic nitrogens is 3. The summed E-state index contributed by atoms with van der Waals surface area (Å²) in [6.45, 7) is 3.48. The quantitative estimate of drug-likeness (QED) is 0.645. The SMILES string of the molecule is CCNC(=O)[C@@]1(Cc2ccccc2-c2cccnc2)CCCN(C(=O)c2ccn[nH]2)C1. The highest BCUT2D eigenvalue weighted by atomic mass is 16.2. The zero-order valence-electron chi connectivity index (χ0n) is 17.7. The van der Waals surface area contributed by atoms with Crippen molar-refractivity contribution in [2.45, 2.75) is 26.2 Å². The van der Waals surface area contributed by atoms with Crippen molar-refractivity contribution in [1.82, 2.24) is 25.4 Å². The van der Waals surface area contributed by atoms with E-state index in [2.05, 4.69) is 32.6 Å². The fourth-order valence-electron chi connectivity index (χ4n) is 4.45. The molecule has 7 heteroatoms. The molecule has 1 atom stereocenters. The van der Waals surface area contributed by atoms with Crippen LogP contribution in [0.4, 0.5) is 0 Å². The van der Waals surface area contributed by atoms with E-state index in [1.807, 2.05) is 37.4 Å². The van der Waals surface area contributed by atoms with Crippen molar-refractivity contribution in [2.75, 3.05) is 19.6 Å². The maximum atomic E-state index is 13.3. The summed E-state index contributed by atoms with van der Waals surface area (Å²) in [6, 6.07) is 13.7. The van der Waals surface area contributed by atoms with Crippen LogP contribution in [0.3, 0.4) is 0 Å². The highest BCUT2D eigenvalue weighted by Gasteiger charge is 2.44. The van der Waals surface area contributed by atoms with Crippen molar-refractivity contribution in [3.63, 3.8) is 0 Å². The zero-order chi connectivity index (χ0) is 21.7. The second-order valence-electron chi connectivity index (χ2n) is 8.02. The van der Waals surface area contributed by atoms with Crippen LogP contribution in [0.2, 0.25) is 0 Å². The number of nitrogens with zero attached hydrogens (tertiary/aromatic N) is 3. The van der Waals surface area contributed by atoms with Gasteiger partial charge in [-0.05, 0) is 49.4 Å². The van der Waals surface area contributed by atoms with E-state index in [0.29, 0.717) is 31.7 Å². The molecule has 0 bridgehead atoms. The molecule has 4 rings (SSSR count). The summed E-state index contributed by atoms with van der Waals surface area (Å²) in [5.41, 5.74) is 2.92. The van der Waals surface area contributed by atoms with Crippen LogP contribution in [0.15, 0.2) is 61.1 Å². The van der Waals surface area contributed by atoms with Gasteiger partial charge in [0.2, 0.25) is 5.91 Å². The lowest BCUT2D eigenvalue weighted by atomic mass is 9.73. The summed E-state index contributed by atoms with van der Waals surface area (Å²) in [5, 5.41) is 9.66. The molecule has 3 heterocycles. The van der Waals surface area contributed by atoms with E-state index in [4.69, 9.17) is 0 Å². The molecule has 1 saturated heterocycles. The van der Waals surface area contributed by atoms with Crippen LogP contribution in [0, 0.1) is 5.41 Å². The van der Waals surface area contributed by atoms with Gasteiger partial charge >= 0.3 is 0 Å². The van der Waals surface area contributed by atoms with E-state index in [9.17, 15) is 9.59 Å². The van der Waals surface area contributed by atoms with Crippen molar-refractivity contribution < 1.29 is 9.59 Å². The molecule has 0 spiro atoms. The Bertz CT molecular complexity index is 1040. The number of carbonyl (C=O) groups is 2. The lowest BCUT2D eigenvalue weighted by Gasteiger charge is -2.42. The van der Waals surface area contributed by atoms with Gasteiger partial charge in [0, 0.05) is 43.8 Å². The van der Waals surface area contributed by atoms with Crippen molar-refractivity contribution in [3.8, 4) is 11.1 Å². The van der Waals surface area contributed by atoms with E-state index in [-0.39, 0.29) is 11.8 Å². The van der Waals surface area contributed by atoms with Crippen molar-refractivity contribution in [1.29, 1.82) is 0 Å². The molecule has 160 valence electrons. The van der Waals surface area contributed by atoms with Crippen LogP contribution < -0.4 is 5.32 Å². The Morgan fingerprint density at radius 1 is 1.16 bits per heavy atom. The Hall–Kier alpha value is -3.48.